The maximum atomic E-state index is 11.0. The highest BCUT2D eigenvalue weighted by atomic mass is 35.5. The summed E-state index contributed by atoms with van der Waals surface area (Å²) in [7, 11) is 0. The first-order chi connectivity index (χ1) is 10.1. The van der Waals surface area contributed by atoms with Crippen LogP contribution in [0.1, 0.15) is 5.76 Å². The van der Waals surface area contributed by atoms with Crippen LogP contribution in [0.2, 0.25) is 5.22 Å². The van der Waals surface area contributed by atoms with Gasteiger partial charge in [-0.15, -0.1) is 0 Å². The van der Waals surface area contributed by atoms with E-state index in [4.69, 9.17) is 25.6 Å². The van der Waals surface area contributed by atoms with E-state index in [1.165, 1.54) is 0 Å². The lowest BCUT2D eigenvalue weighted by Gasteiger charge is -2.01. The van der Waals surface area contributed by atoms with Crippen molar-refractivity contribution in [1.82, 2.24) is 5.16 Å². The summed E-state index contributed by atoms with van der Waals surface area (Å²) in [4.78, 5) is 11.0. The molecule has 0 unspecified atom stereocenters. The van der Waals surface area contributed by atoms with Crippen LogP contribution >= 0.6 is 11.6 Å². The van der Waals surface area contributed by atoms with E-state index in [9.17, 15) is 4.79 Å². The number of halogens is 1. The fourth-order valence-corrected chi connectivity index (χ4v) is 2.24. The molecule has 2 heterocycles. The fraction of sp³-hybridized carbons (Fsp3) is 0.0667. The first-order valence-electron chi connectivity index (χ1n) is 6.16. The first-order valence-corrected chi connectivity index (χ1v) is 6.54. The molecule has 6 heteroatoms. The predicted octanol–water partition coefficient (Wildman–Crippen LogP) is 3.88. The van der Waals surface area contributed by atoms with Gasteiger partial charge < -0.3 is 14.0 Å². The van der Waals surface area contributed by atoms with Crippen molar-refractivity contribution in [2.75, 3.05) is 0 Å². The number of aliphatic carboxylic acids is 1. The number of benzene rings is 1. The molecular formula is C15H10ClNO4. The summed E-state index contributed by atoms with van der Waals surface area (Å²) in [5.74, 6) is -0.289. The maximum Gasteiger partial charge on any atom is 0.311 e. The Morgan fingerprint density at radius 3 is 2.57 bits per heavy atom. The van der Waals surface area contributed by atoms with Gasteiger partial charge in [-0.2, -0.15) is 0 Å². The highest BCUT2D eigenvalue weighted by Crippen LogP contribution is 2.36. The molecule has 0 saturated carbocycles. The van der Waals surface area contributed by atoms with E-state index in [2.05, 4.69) is 5.16 Å². The predicted molar refractivity (Wildman–Crippen MR) is 76.0 cm³/mol. The molecule has 0 radical (unpaired) electrons. The number of hydrogen-bond acceptors (Lipinski definition) is 4. The van der Waals surface area contributed by atoms with E-state index in [-0.39, 0.29) is 17.4 Å². The van der Waals surface area contributed by atoms with Crippen LogP contribution in [-0.4, -0.2) is 16.2 Å². The third-order valence-corrected chi connectivity index (χ3v) is 3.15. The van der Waals surface area contributed by atoms with Crippen molar-refractivity contribution >= 4 is 17.6 Å². The Morgan fingerprint density at radius 2 is 1.95 bits per heavy atom. The molecule has 0 atom stereocenters. The number of furan rings is 1. The molecule has 0 amide bonds. The van der Waals surface area contributed by atoms with Gasteiger partial charge in [-0.3, -0.25) is 4.79 Å². The molecule has 0 spiro atoms. The van der Waals surface area contributed by atoms with Crippen LogP contribution in [0.5, 0.6) is 0 Å². The summed E-state index contributed by atoms with van der Waals surface area (Å²) in [6.07, 6.45) is -0.258. The average Bonchev–Trinajstić information content (AvgIpc) is 3.05. The molecule has 106 valence electrons. The van der Waals surface area contributed by atoms with Crippen LogP contribution in [0.15, 0.2) is 51.4 Å². The zero-order chi connectivity index (χ0) is 14.8. The van der Waals surface area contributed by atoms with Gasteiger partial charge in [-0.25, -0.2) is 0 Å². The van der Waals surface area contributed by atoms with Gasteiger partial charge in [-0.05, 0) is 29.3 Å². The van der Waals surface area contributed by atoms with Crippen LogP contribution in [0, 0.1) is 0 Å². The summed E-state index contributed by atoms with van der Waals surface area (Å²) < 4.78 is 10.5. The van der Waals surface area contributed by atoms with E-state index >= 15 is 0 Å². The Labute approximate surface area is 124 Å². The van der Waals surface area contributed by atoms with Crippen molar-refractivity contribution in [2.24, 2.45) is 0 Å². The zero-order valence-electron chi connectivity index (χ0n) is 10.7. The Kier molecular flexibility index (Phi) is 3.50. The lowest BCUT2D eigenvalue weighted by atomic mass is 10.0. The molecule has 0 aliphatic heterocycles. The molecule has 1 N–H and O–H groups in total. The molecule has 1 aromatic carbocycles. The third kappa shape index (κ3) is 2.68. The topological polar surface area (TPSA) is 76.5 Å². The standard InChI is InChI=1S/C15H10ClNO4/c16-12-7-6-10(20-12)15-14(9-4-2-1-3-5-9)11(21-17-15)8-13(18)19/h1-7H,8H2,(H,18,19). The van der Waals surface area contributed by atoms with E-state index < -0.39 is 5.97 Å². The molecule has 21 heavy (non-hydrogen) atoms. The van der Waals surface area contributed by atoms with Crippen molar-refractivity contribution in [3.05, 3.63) is 53.4 Å². The summed E-state index contributed by atoms with van der Waals surface area (Å²) in [6.45, 7) is 0. The van der Waals surface area contributed by atoms with E-state index in [0.717, 1.165) is 5.56 Å². The minimum atomic E-state index is -0.993. The average molecular weight is 304 g/mol. The van der Waals surface area contributed by atoms with Crippen LogP contribution in [-0.2, 0) is 11.2 Å². The summed E-state index contributed by atoms with van der Waals surface area (Å²) in [5, 5.41) is 13.2. The number of carboxylic acid groups (broad SMARTS) is 1. The summed E-state index contributed by atoms with van der Waals surface area (Å²) in [5.41, 5.74) is 1.84. The van der Waals surface area contributed by atoms with Crippen molar-refractivity contribution in [2.45, 2.75) is 6.42 Å². The number of carboxylic acids is 1. The van der Waals surface area contributed by atoms with Gasteiger partial charge in [0, 0.05) is 0 Å². The van der Waals surface area contributed by atoms with Gasteiger partial charge in [0.25, 0.3) is 0 Å². The number of aromatic nitrogens is 1. The van der Waals surface area contributed by atoms with Crippen molar-refractivity contribution in [3.63, 3.8) is 0 Å². The summed E-state index contributed by atoms with van der Waals surface area (Å²) in [6, 6.07) is 12.5. The molecule has 5 nitrogen and oxygen atoms in total. The first kappa shape index (κ1) is 13.5. The quantitative estimate of drug-likeness (QED) is 0.791. The van der Waals surface area contributed by atoms with E-state index in [0.29, 0.717) is 17.0 Å². The van der Waals surface area contributed by atoms with E-state index in [1.807, 2.05) is 30.3 Å². The van der Waals surface area contributed by atoms with Crippen molar-refractivity contribution < 1.29 is 18.8 Å². The third-order valence-electron chi connectivity index (χ3n) is 2.94. The lowest BCUT2D eigenvalue weighted by molar-refractivity contribution is -0.136. The lowest BCUT2D eigenvalue weighted by Crippen LogP contribution is -2.00. The molecule has 3 rings (SSSR count). The maximum absolute atomic E-state index is 11.0. The molecule has 0 saturated heterocycles. The molecule has 0 aliphatic rings. The fourth-order valence-electron chi connectivity index (χ4n) is 2.09. The van der Waals surface area contributed by atoms with Crippen molar-refractivity contribution in [3.8, 4) is 22.6 Å². The second kappa shape index (κ2) is 5.46. The highest BCUT2D eigenvalue weighted by Gasteiger charge is 2.22. The Bertz CT molecular complexity index is 776. The van der Waals surface area contributed by atoms with Crippen LogP contribution < -0.4 is 0 Å². The Hall–Kier alpha value is -2.53. The number of hydrogen-bond donors (Lipinski definition) is 1. The molecule has 2 aromatic heterocycles. The normalized spacial score (nSPS) is 10.7. The number of carbonyl (C=O) groups is 1. The second-order valence-electron chi connectivity index (χ2n) is 4.37. The van der Waals surface area contributed by atoms with Crippen LogP contribution in [0.25, 0.3) is 22.6 Å². The Morgan fingerprint density at radius 1 is 1.19 bits per heavy atom. The van der Waals surface area contributed by atoms with Gasteiger partial charge in [0.2, 0.25) is 0 Å². The Balaban J connectivity index is 2.17. The van der Waals surface area contributed by atoms with Gasteiger partial charge in [0.15, 0.2) is 22.4 Å². The minimum absolute atomic E-state index is 0.229. The summed E-state index contributed by atoms with van der Waals surface area (Å²) >= 11 is 5.78. The number of rotatable bonds is 4. The monoisotopic (exact) mass is 303 g/mol. The molecule has 3 aromatic rings. The molecule has 0 bridgehead atoms. The van der Waals surface area contributed by atoms with Gasteiger partial charge in [0.05, 0.1) is 5.56 Å². The largest absolute Gasteiger partial charge is 0.481 e. The zero-order valence-corrected chi connectivity index (χ0v) is 11.5. The molecule has 0 fully saturated rings. The smallest absolute Gasteiger partial charge is 0.311 e. The van der Waals surface area contributed by atoms with Crippen molar-refractivity contribution in [1.29, 1.82) is 0 Å². The van der Waals surface area contributed by atoms with E-state index in [1.54, 1.807) is 12.1 Å². The SMILES string of the molecule is O=C(O)Cc1onc(-c2ccc(Cl)o2)c1-c1ccccc1. The minimum Gasteiger partial charge on any atom is -0.481 e. The van der Waals surface area contributed by atoms with Crippen LogP contribution in [0.4, 0.5) is 0 Å². The second-order valence-corrected chi connectivity index (χ2v) is 4.74. The molecule has 0 aliphatic carbocycles. The molecular weight excluding hydrogens is 294 g/mol. The van der Waals surface area contributed by atoms with Crippen LogP contribution in [0.3, 0.4) is 0 Å². The van der Waals surface area contributed by atoms with Gasteiger partial charge >= 0.3 is 5.97 Å². The van der Waals surface area contributed by atoms with Gasteiger partial charge in [-0.1, -0.05) is 35.5 Å². The number of nitrogens with zero attached hydrogens (tertiary/aromatic N) is 1. The highest BCUT2D eigenvalue weighted by molar-refractivity contribution is 6.29. The van der Waals surface area contributed by atoms with Gasteiger partial charge in [0.1, 0.15) is 6.42 Å².